The molecule has 1 saturated heterocycles. The normalized spacial score (nSPS) is 15.7. The van der Waals surface area contributed by atoms with Gasteiger partial charge in [0, 0.05) is 18.2 Å². The van der Waals surface area contributed by atoms with Crippen molar-refractivity contribution in [3.63, 3.8) is 0 Å². The summed E-state index contributed by atoms with van der Waals surface area (Å²) in [6, 6.07) is 13.4. The Morgan fingerprint density at radius 3 is 2.52 bits per heavy atom. The number of nitrogens with one attached hydrogen (secondary N) is 2. The van der Waals surface area contributed by atoms with Gasteiger partial charge in [-0.15, -0.1) is 0 Å². The predicted octanol–water partition coefficient (Wildman–Crippen LogP) is 4.27. The maximum absolute atomic E-state index is 13.8. The van der Waals surface area contributed by atoms with Gasteiger partial charge in [-0.2, -0.15) is 13.2 Å². The van der Waals surface area contributed by atoms with Gasteiger partial charge < -0.3 is 5.32 Å². The molecule has 2 N–H and O–H groups in total. The van der Waals surface area contributed by atoms with Crippen LogP contribution in [0.2, 0.25) is 0 Å². The van der Waals surface area contributed by atoms with Crippen LogP contribution in [0.1, 0.15) is 40.9 Å². The number of carbonyl (C=O) groups excluding carboxylic acids is 3. The van der Waals surface area contributed by atoms with Crippen LogP contribution in [0.25, 0.3) is 27.7 Å². The van der Waals surface area contributed by atoms with Crippen LogP contribution in [-0.4, -0.2) is 36.7 Å². The Bertz CT molecular complexity index is 2000. The van der Waals surface area contributed by atoms with Crippen LogP contribution < -0.4 is 16.2 Å². The van der Waals surface area contributed by atoms with Gasteiger partial charge in [-0.3, -0.25) is 33.5 Å². The summed E-state index contributed by atoms with van der Waals surface area (Å²) in [5.41, 5.74) is -1.00. The minimum atomic E-state index is -4.64. The molecule has 0 spiro atoms. The zero-order valence-electron chi connectivity index (χ0n) is 21.9. The van der Waals surface area contributed by atoms with Crippen LogP contribution in [0.4, 0.5) is 18.9 Å². The highest BCUT2D eigenvalue weighted by Crippen LogP contribution is 2.38. The number of amides is 3. The smallest absolute Gasteiger partial charge is 0.317 e. The summed E-state index contributed by atoms with van der Waals surface area (Å²) in [5, 5.41) is 5.05. The molecule has 1 aliphatic heterocycles. The lowest BCUT2D eigenvalue weighted by molar-refractivity contribution is -0.137. The van der Waals surface area contributed by atoms with Crippen molar-refractivity contribution in [3.05, 3.63) is 94.4 Å². The Balaban J connectivity index is 1.42. The minimum absolute atomic E-state index is 0.0207. The number of imide groups is 1. The molecule has 10 nitrogen and oxygen atoms in total. The zero-order valence-corrected chi connectivity index (χ0v) is 21.9. The predicted molar refractivity (Wildman–Crippen MR) is 146 cm³/mol. The van der Waals surface area contributed by atoms with Crippen LogP contribution in [0.5, 0.6) is 0 Å². The van der Waals surface area contributed by atoms with Crippen LogP contribution in [-0.2, 0) is 15.8 Å². The number of rotatable bonds is 4. The first-order valence-corrected chi connectivity index (χ1v) is 12.8. The first-order valence-electron chi connectivity index (χ1n) is 12.8. The molecular weight excluding hydrogens is 553 g/mol. The van der Waals surface area contributed by atoms with Crippen molar-refractivity contribution in [2.45, 2.75) is 32.0 Å². The lowest BCUT2D eigenvalue weighted by Gasteiger charge is -2.24. The minimum Gasteiger partial charge on any atom is -0.317 e. The van der Waals surface area contributed by atoms with Gasteiger partial charge >= 0.3 is 6.18 Å². The van der Waals surface area contributed by atoms with Gasteiger partial charge in [-0.25, -0.2) is 9.97 Å². The van der Waals surface area contributed by atoms with Crippen molar-refractivity contribution in [1.29, 1.82) is 0 Å². The molecule has 0 bridgehead atoms. The van der Waals surface area contributed by atoms with E-state index in [0.717, 1.165) is 6.07 Å². The number of para-hydroxylation sites is 1. The fourth-order valence-electron chi connectivity index (χ4n) is 5.24. The second kappa shape index (κ2) is 9.94. The number of nitrogens with zero attached hydrogens (tertiary/aromatic N) is 4. The van der Waals surface area contributed by atoms with Crippen LogP contribution in [0, 0.1) is 6.92 Å². The fraction of sp³-hybridized carbons (Fsp3) is 0.172. The van der Waals surface area contributed by atoms with Gasteiger partial charge in [0.25, 0.3) is 11.5 Å². The molecule has 3 aromatic heterocycles. The number of hydrogen-bond acceptors (Lipinski definition) is 6. The van der Waals surface area contributed by atoms with E-state index < -0.39 is 41.1 Å². The Kier molecular flexibility index (Phi) is 6.36. The Hall–Kier alpha value is -5.33. The van der Waals surface area contributed by atoms with Gasteiger partial charge in [-0.05, 0) is 43.7 Å². The lowest BCUT2D eigenvalue weighted by atomic mass is 10.0. The Labute approximate surface area is 234 Å². The number of fused-ring (bicyclic) bond motifs is 2. The SMILES string of the molecule is Cc1nc2c(NC(=O)c3nc(-c4ccccc4C(F)(F)F)c4ccccn34)cccc2c(=O)n1C1CCC(=O)NC1=O. The third-order valence-corrected chi connectivity index (χ3v) is 7.12. The number of alkyl halides is 3. The molecule has 0 saturated carbocycles. The lowest BCUT2D eigenvalue weighted by Crippen LogP contribution is -2.45. The fourth-order valence-corrected chi connectivity index (χ4v) is 5.24. The van der Waals surface area contributed by atoms with E-state index in [4.69, 9.17) is 0 Å². The molecule has 3 amide bonds. The summed E-state index contributed by atoms with van der Waals surface area (Å²) in [7, 11) is 0. The average Bonchev–Trinajstić information content (AvgIpc) is 3.34. The molecule has 2 aromatic carbocycles. The van der Waals surface area contributed by atoms with Crippen LogP contribution in [0.3, 0.4) is 0 Å². The third kappa shape index (κ3) is 4.48. The van der Waals surface area contributed by atoms with Crippen LogP contribution >= 0.6 is 0 Å². The molecule has 1 unspecified atom stereocenters. The van der Waals surface area contributed by atoms with E-state index in [0.29, 0.717) is 5.52 Å². The molecule has 1 atom stereocenters. The molecule has 42 heavy (non-hydrogen) atoms. The topological polar surface area (TPSA) is 127 Å². The number of halogens is 3. The summed E-state index contributed by atoms with van der Waals surface area (Å²) in [6.45, 7) is 1.54. The van der Waals surface area contributed by atoms with E-state index >= 15 is 0 Å². The maximum atomic E-state index is 13.8. The molecule has 5 aromatic rings. The molecule has 1 aliphatic rings. The summed E-state index contributed by atoms with van der Waals surface area (Å²) in [6.07, 6.45) is -2.91. The average molecular weight is 575 g/mol. The van der Waals surface area contributed by atoms with Gasteiger partial charge in [0.15, 0.2) is 0 Å². The molecule has 212 valence electrons. The van der Waals surface area contributed by atoms with Gasteiger partial charge in [0.05, 0.1) is 27.8 Å². The first-order chi connectivity index (χ1) is 20.0. The van der Waals surface area contributed by atoms with E-state index in [1.165, 1.54) is 58.5 Å². The van der Waals surface area contributed by atoms with Crippen molar-refractivity contribution in [2.75, 3.05) is 5.32 Å². The number of anilines is 1. The summed E-state index contributed by atoms with van der Waals surface area (Å²) in [5.74, 6) is -1.74. The quantitative estimate of drug-likeness (QED) is 0.309. The number of pyridine rings is 1. The Morgan fingerprint density at radius 1 is 1.00 bits per heavy atom. The molecule has 6 rings (SSSR count). The second-order valence-electron chi connectivity index (χ2n) is 9.74. The first kappa shape index (κ1) is 26.9. The maximum Gasteiger partial charge on any atom is 0.417 e. The largest absolute Gasteiger partial charge is 0.417 e. The monoisotopic (exact) mass is 574 g/mol. The van der Waals surface area contributed by atoms with Crippen molar-refractivity contribution in [3.8, 4) is 11.3 Å². The molecule has 0 radical (unpaired) electrons. The summed E-state index contributed by atoms with van der Waals surface area (Å²) in [4.78, 5) is 59.9. The molecule has 13 heteroatoms. The molecular formula is C29H21F3N6O4. The van der Waals surface area contributed by atoms with Gasteiger partial charge in [0.2, 0.25) is 17.6 Å². The molecule has 0 aliphatic carbocycles. The van der Waals surface area contributed by atoms with Gasteiger partial charge in [0.1, 0.15) is 17.4 Å². The summed E-state index contributed by atoms with van der Waals surface area (Å²) < 4.78 is 44.0. The highest BCUT2D eigenvalue weighted by atomic mass is 19.4. The third-order valence-electron chi connectivity index (χ3n) is 7.12. The number of hydrogen-bond donors (Lipinski definition) is 2. The van der Waals surface area contributed by atoms with Gasteiger partial charge in [-0.1, -0.05) is 30.3 Å². The van der Waals surface area contributed by atoms with E-state index in [2.05, 4.69) is 20.6 Å². The second-order valence-corrected chi connectivity index (χ2v) is 9.74. The number of imidazole rings is 1. The number of piperidine rings is 1. The van der Waals surface area contributed by atoms with Crippen molar-refractivity contribution in [2.24, 2.45) is 0 Å². The van der Waals surface area contributed by atoms with E-state index in [1.54, 1.807) is 18.2 Å². The highest BCUT2D eigenvalue weighted by Gasteiger charge is 2.35. The van der Waals surface area contributed by atoms with Crippen LogP contribution in [0.15, 0.2) is 71.7 Å². The van der Waals surface area contributed by atoms with Crippen molar-refractivity contribution >= 4 is 39.8 Å². The van der Waals surface area contributed by atoms with Crippen molar-refractivity contribution < 1.29 is 27.6 Å². The highest BCUT2D eigenvalue weighted by molar-refractivity contribution is 6.08. The number of carbonyl (C=O) groups is 3. The van der Waals surface area contributed by atoms with E-state index in [-0.39, 0.29) is 52.3 Å². The molecule has 4 heterocycles. The zero-order chi connectivity index (χ0) is 29.8. The van der Waals surface area contributed by atoms with E-state index in [1.807, 2.05) is 0 Å². The number of aromatic nitrogens is 4. The number of benzene rings is 2. The number of aryl methyl sites for hydroxylation is 1. The van der Waals surface area contributed by atoms with E-state index in [9.17, 15) is 32.3 Å². The summed E-state index contributed by atoms with van der Waals surface area (Å²) >= 11 is 0. The molecule has 1 fully saturated rings. The Morgan fingerprint density at radius 2 is 1.76 bits per heavy atom. The standard InChI is InChI=1S/C29H21F3N6O4/c1-15-33-23-17(28(42)38(15)21-12-13-22(39)35-26(21)40)8-6-10-19(23)34-27(41)25-36-24(20-11-4-5-14-37(20)25)16-7-2-3-9-18(16)29(30,31)32/h2-11,14,21H,12-13H2,1H3,(H,34,41)(H,35,39,40). The van der Waals surface area contributed by atoms with Crippen molar-refractivity contribution in [1.82, 2.24) is 24.3 Å².